The van der Waals surface area contributed by atoms with Crippen molar-refractivity contribution in [1.82, 2.24) is 0 Å². The van der Waals surface area contributed by atoms with Gasteiger partial charge in [0.25, 0.3) is 0 Å². The van der Waals surface area contributed by atoms with E-state index in [0.29, 0.717) is 5.02 Å². The highest BCUT2D eigenvalue weighted by Crippen LogP contribution is 2.22. The first kappa shape index (κ1) is 15.3. The molecule has 0 aliphatic rings. The summed E-state index contributed by atoms with van der Waals surface area (Å²) in [4.78, 5) is 11.6. The summed E-state index contributed by atoms with van der Waals surface area (Å²) >= 11 is 11.4. The van der Waals surface area contributed by atoms with Gasteiger partial charge in [0.15, 0.2) is 5.78 Å². The number of ketones is 1. The van der Waals surface area contributed by atoms with Gasteiger partial charge in [0.2, 0.25) is 0 Å². The molecule has 0 amide bonds. The predicted molar refractivity (Wildman–Crippen MR) is 62.3 cm³/mol. The van der Waals surface area contributed by atoms with Gasteiger partial charge < -0.3 is 4.74 Å². The summed E-state index contributed by atoms with van der Waals surface area (Å²) in [6.07, 6.45) is -4.56. The quantitative estimate of drug-likeness (QED) is 0.603. The predicted octanol–water partition coefficient (Wildman–Crippen LogP) is 4.15. The number of halogens is 5. The number of carbonyl (C=O) groups excluding carboxylic acids is 1. The monoisotopic (exact) mass is 300 g/mol. The number of hydrogen-bond donors (Lipinski definition) is 0. The highest BCUT2D eigenvalue weighted by molar-refractivity contribution is 6.36. The zero-order valence-corrected chi connectivity index (χ0v) is 10.6. The van der Waals surface area contributed by atoms with Crippen molar-refractivity contribution < 1.29 is 22.7 Å². The molecule has 0 saturated carbocycles. The van der Waals surface area contributed by atoms with Crippen molar-refractivity contribution in [3.05, 3.63) is 33.8 Å². The van der Waals surface area contributed by atoms with Gasteiger partial charge in [0, 0.05) is 17.0 Å². The Morgan fingerprint density at radius 1 is 1.28 bits per heavy atom. The minimum atomic E-state index is -4.39. The van der Waals surface area contributed by atoms with Gasteiger partial charge in [-0.25, -0.2) is 0 Å². The van der Waals surface area contributed by atoms with Crippen LogP contribution in [0.3, 0.4) is 0 Å². The summed E-state index contributed by atoms with van der Waals surface area (Å²) in [6.45, 7) is -1.67. The Balaban J connectivity index is 2.46. The summed E-state index contributed by atoms with van der Waals surface area (Å²) in [7, 11) is 0. The minimum Gasteiger partial charge on any atom is -0.372 e. The molecular formula is C11H9Cl2F3O2. The van der Waals surface area contributed by atoms with Crippen LogP contribution in [0.1, 0.15) is 16.8 Å². The van der Waals surface area contributed by atoms with Gasteiger partial charge >= 0.3 is 6.18 Å². The molecule has 7 heteroatoms. The molecule has 1 rings (SSSR count). The van der Waals surface area contributed by atoms with E-state index in [-0.39, 0.29) is 29.4 Å². The molecule has 0 unspecified atom stereocenters. The highest BCUT2D eigenvalue weighted by atomic mass is 35.5. The van der Waals surface area contributed by atoms with Gasteiger partial charge in [-0.05, 0) is 18.2 Å². The number of ether oxygens (including phenoxy) is 1. The van der Waals surface area contributed by atoms with Gasteiger partial charge in [0.05, 0.1) is 11.6 Å². The lowest BCUT2D eigenvalue weighted by Gasteiger charge is -2.07. The molecule has 1 aromatic carbocycles. The van der Waals surface area contributed by atoms with E-state index in [1.807, 2.05) is 0 Å². The molecule has 0 saturated heterocycles. The third-order valence-corrected chi connectivity index (χ3v) is 2.52. The van der Waals surface area contributed by atoms with Crippen LogP contribution in [0.2, 0.25) is 10.0 Å². The first-order valence-electron chi connectivity index (χ1n) is 4.92. The molecule has 0 aliphatic heterocycles. The molecule has 100 valence electrons. The van der Waals surface area contributed by atoms with Gasteiger partial charge in [-0.1, -0.05) is 23.2 Å². The number of benzene rings is 1. The van der Waals surface area contributed by atoms with Crippen LogP contribution >= 0.6 is 23.2 Å². The summed E-state index contributed by atoms with van der Waals surface area (Å²) in [5.74, 6) is -0.390. The Morgan fingerprint density at radius 3 is 2.50 bits per heavy atom. The standard InChI is InChI=1S/C11H9Cl2F3O2/c12-7-1-2-8(9(13)5-7)10(17)3-4-18-6-11(14,15)16/h1-2,5H,3-4,6H2. The maximum Gasteiger partial charge on any atom is 0.411 e. The molecule has 1 aromatic rings. The van der Waals surface area contributed by atoms with Crippen molar-refractivity contribution in [3.8, 4) is 0 Å². The fourth-order valence-corrected chi connectivity index (χ4v) is 1.72. The number of hydrogen-bond acceptors (Lipinski definition) is 2. The van der Waals surface area contributed by atoms with Crippen LogP contribution in [0, 0.1) is 0 Å². The topological polar surface area (TPSA) is 26.3 Å². The van der Waals surface area contributed by atoms with Crippen molar-refractivity contribution in [2.24, 2.45) is 0 Å². The van der Waals surface area contributed by atoms with Crippen molar-refractivity contribution in [2.45, 2.75) is 12.6 Å². The van der Waals surface area contributed by atoms with Crippen LogP contribution in [-0.4, -0.2) is 25.2 Å². The van der Waals surface area contributed by atoms with Crippen molar-refractivity contribution >= 4 is 29.0 Å². The maximum atomic E-state index is 11.8. The molecule has 0 aliphatic carbocycles. The van der Waals surface area contributed by atoms with Crippen LogP contribution in [0.4, 0.5) is 13.2 Å². The molecule has 0 radical (unpaired) electrons. The van der Waals surface area contributed by atoms with Gasteiger partial charge in [-0.2, -0.15) is 13.2 Å². The lowest BCUT2D eigenvalue weighted by atomic mass is 10.1. The third kappa shape index (κ3) is 5.25. The van der Waals surface area contributed by atoms with Crippen LogP contribution < -0.4 is 0 Å². The Kier molecular flexibility index (Phi) is 5.44. The fourth-order valence-electron chi connectivity index (χ4n) is 1.20. The molecule has 0 bridgehead atoms. The van der Waals surface area contributed by atoms with E-state index >= 15 is 0 Å². The Morgan fingerprint density at radius 2 is 1.94 bits per heavy atom. The van der Waals surface area contributed by atoms with Gasteiger partial charge in [-0.3, -0.25) is 4.79 Å². The Bertz CT molecular complexity index is 433. The van der Waals surface area contributed by atoms with Crippen molar-refractivity contribution in [3.63, 3.8) is 0 Å². The van der Waals surface area contributed by atoms with Crippen LogP contribution in [0.5, 0.6) is 0 Å². The second kappa shape index (κ2) is 6.41. The van der Waals surface area contributed by atoms with E-state index in [9.17, 15) is 18.0 Å². The molecule has 2 nitrogen and oxygen atoms in total. The summed E-state index contributed by atoms with van der Waals surface area (Å²) in [5.41, 5.74) is 0.219. The first-order valence-corrected chi connectivity index (χ1v) is 5.68. The molecule has 0 spiro atoms. The number of alkyl halides is 3. The largest absolute Gasteiger partial charge is 0.411 e. The van der Waals surface area contributed by atoms with E-state index in [0.717, 1.165) is 0 Å². The van der Waals surface area contributed by atoms with E-state index in [2.05, 4.69) is 4.74 Å². The number of rotatable bonds is 5. The van der Waals surface area contributed by atoms with E-state index in [1.165, 1.54) is 18.2 Å². The zero-order valence-electron chi connectivity index (χ0n) is 9.06. The highest BCUT2D eigenvalue weighted by Gasteiger charge is 2.27. The second-order valence-electron chi connectivity index (χ2n) is 3.47. The molecular weight excluding hydrogens is 292 g/mol. The average molecular weight is 301 g/mol. The lowest BCUT2D eigenvalue weighted by molar-refractivity contribution is -0.173. The molecule has 0 heterocycles. The van der Waals surface area contributed by atoms with Crippen LogP contribution in [-0.2, 0) is 4.74 Å². The molecule has 0 atom stereocenters. The van der Waals surface area contributed by atoms with Crippen LogP contribution in [0.15, 0.2) is 18.2 Å². The average Bonchev–Trinajstić information content (AvgIpc) is 2.22. The first-order chi connectivity index (χ1) is 8.29. The maximum absolute atomic E-state index is 11.8. The van der Waals surface area contributed by atoms with Gasteiger partial charge in [0.1, 0.15) is 6.61 Å². The lowest BCUT2D eigenvalue weighted by Crippen LogP contribution is -2.18. The smallest absolute Gasteiger partial charge is 0.372 e. The normalized spacial score (nSPS) is 11.6. The third-order valence-electron chi connectivity index (χ3n) is 1.97. The fraction of sp³-hybridized carbons (Fsp3) is 0.364. The summed E-state index contributed by atoms with van der Waals surface area (Å²) < 4.78 is 39.6. The van der Waals surface area contributed by atoms with E-state index < -0.39 is 12.8 Å². The molecule has 18 heavy (non-hydrogen) atoms. The van der Waals surface area contributed by atoms with Gasteiger partial charge in [-0.15, -0.1) is 0 Å². The van der Waals surface area contributed by atoms with Crippen LogP contribution in [0.25, 0.3) is 0 Å². The minimum absolute atomic E-state index is 0.169. The van der Waals surface area contributed by atoms with Crippen molar-refractivity contribution in [2.75, 3.05) is 13.2 Å². The Hall–Kier alpha value is -0.780. The zero-order chi connectivity index (χ0) is 13.8. The molecule has 0 aromatic heterocycles. The number of carbonyl (C=O) groups is 1. The second-order valence-corrected chi connectivity index (χ2v) is 4.31. The number of Topliss-reactive ketones (excluding diaryl/α,β-unsaturated/α-hetero) is 1. The molecule has 0 fully saturated rings. The van der Waals surface area contributed by atoms with E-state index in [1.54, 1.807) is 0 Å². The van der Waals surface area contributed by atoms with E-state index in [4.69, 9.17) is 23.2 Å². The molecule has 0 N–H and O–H groups in total. The SMILES string of the molecule is O=C(CCOCC(F)(F)F)c1ccc(Cl)cc1Cl. The summed E-state index contributed by atoms with van der Waals surface area (Å²) in [5, 5.41) is 0.549. The summed E-state index contributed by atoms with van der Waals surface area (Å²) in [6, 6.07) is 4.31. The van der Waals surface area contributed by atoms with Crippen molar-refractivity contribution in [1.29, 1.82) is 0 Å². The Labute approximate surface area is 112 Å².